The summed E-state index contributed by atoms with van der Waals surface area (Å²) in [6, 6.07) is 1.55. The lowest BCUT2D eigenvalue weighted by Gasteiger charge is -2.22. The molecule has 1 unspecified atom stereocenters. The molecule has 60 heavy (non-hydrogen) atoms. The second-order valence-electron chi connectivity index (χ2n) is 17.8. The number of esters is 2. The summed E-state index contributed by atoms with van der Waals surface area (Å²) in [5.41, 5.74) is 0.562. The molecule has 0 fully saturated rings. The van der Waals surface area contributed by atoms with Crippen molar-refractivity contribution in [3.05, 3.63) is 22.6 Å². The van der Waals surface area contributed by atoms with Crippen LogP contribution in [0.4, 0.5) is 5.69 Å². The van der Waals surface area contributed by atoms with E-state index in [1.807, 2.05) is 0 Å². The fourth-order valence-corrected chi connectivity index (χ4v) is 8.17. The summed E-state index contributed by atoms with van der Waals surface area (Å²) in [7, 11) is 0. The molecule has 2 N–H and O–H groups in total. The van der Waals surface area contributed by atoms with Gasteiger partial charge in [0.05, 0.1) is 11.9 Å². The highest BCUT2D eigenvalue weighted by Gasteiger charge is 2.15. The van der Waals surface area contributed by atoms with Gasteiger partial charge in [-0.25, -0.2) is 5.10 Å². The highest BCUT2D eigenvalue weighted by Crippen LogP contribution is 2.19. The highest BCUT2D eigenvalue weighted by atomic mass is 16.5. The van der Waals surface area contributed by atoms with Crippen molar-refractivity contribution in [2.75, 3.05) is 31.5 Å². The Morgan fingerprint density at radius 1 is 0.550 bits per heavy atom. The van der Waals surface area contributed by atoms with Gasteiger partial charge in [0.25, 0.3) is 5.56 Å². The van der Waals surface area contributed by atoms with Gasteiger partial charge in [-0.3, -0.25) is 14.4 Å². The summed E-state index contributed by atoms with van der Waals surface area (Å²) in [5.74, 6) is -0.00815. The normalized spacial score (nSPS) is 12.0. The first-order valence-corrected chi connectivity index (χ1v) is 25.8. The van der Waals surface area contributed by atoms with Crippen molar-refractivity contribution >= 4 is 17.6 Å². The van der Waals surface area contributed by atoms with Crippen molar-refractivity contribution in [3.8, 4) is 0 Å². The summed E-state index contributed by atoms with van der Waals surface area (Å²) >= 11 is 0. The third-order valence-corrected chi connectivity index (χ3v) is 12.0. The summed E-state index contributed by atoms with van der Waals surface area (Å²) in [6.07, 6.45) is 41.7. The maximum atomic E-state index is 12.9. The Kier molecular flexibility index (Phi) is 38.8. The van der Waals surface area contributed by atoms with Gasteiger partial charge < -0.3 is 19.7 Å². The predicted molar refractivity (Wildman–Crippen MR) is 254 cm³/mol. The third kappa shape index (κ3) is 35.2. The Labute approximate surface area is 369 Å². The number of hydrogen-bond acceptors (Lipinski definition) is 8. The number of anilines is 1. The van der Waals surface area contributed by atoms with Crippen LogP contribution in [0, 0.1) is 0 Å². The van der Waals surface area contributed by atoms with Crippen molar-refractivity contribution in [3.63, 3.8) is 0 Å². The number of nitrogens with zero attached hydrogens (tertiary/aromatic N) is 2. The van der Waals surface area contributed by atoms with Crippen molar-refractivity contribution in [1.82, 2.24) is 15.1 Å². The van der Waals surface area contributed by atoms with E-state index < -0.39 is 0 Å². The summed E-state index contributed by atoms with van der Waals surface area (Å²) in [4.78, 5) is 39.6. The summed E-state index contributed by atoms with van der Waals surface area (Å²) < 4.78 is 11.9. The molecule has 350 valence electrons. The molecule has 1 atom stereocenters. The smallest absolute Gasteiger partial charge is 0.306 e. The first-order valence-electron chi connectivity index (χ1n) is 25.8. The molecule has 1 aromatic rings. The van der Waals surface area contributed by atoms with Crippen molar-refractivity contribution in [2.24, 2.45) is 0 Å². The molecule has 0 aliphatic heterocycles. The standard InChI is InChI=1S/C51H96N4O5/c1-5-9-12-15-20-27-35-47(8-4)59-50(57)38-30-23-18-25-32-41-55(43-34-40-52-46-44-49(56)54-53-45-46)42-33-26-19-24-31-39-51(58)60-48(36-28-21-16-13-10-6-2)37-29-22-17-14-11-7-3/h44-45,47-48H,5-43H2,1-4H3,(H2,52,54,56). The minimum atomic E-state index is -0.194. The number of aromatic amines is 1. The van der Waals surface area contributed by atoms with E-state index in [0.717, 1.165) is 122 Å². The Morgan fingerprint density at radius 2 is 0.950 bits per heavy atom. The van der Waals surface area contributed by atoms with Gasteiger partial charge in [0.2, 0.25) is 0 Å². The zero-order valence-electron chi connectivity index (χ0n) is 39.8. The molecule has 0 aliphatic rings. The van der Waals surface area contributed by atoms with E-state index in [1.165, 1.54) is 122 Å². The van der Waals surface area contributed by atoms with Gasteiger partial charge in [0.1, 0.15) is 12.2 Å². The number of aromatic nitrogens is 2. The summed E-state index contributed by atoms with van der Waals surface area (Å²) in [5, 5.41) is 9.66. The molecule has 0 saturated carbocycles. The van der Waals surface area contributed by atoms with E-state index in [4.69, 9.17) is 9.47 Å². The number of carbonyl (C=O) groups is 2. The van der Waals surface area contributed by atoms with Crippen LogP contribution in [-0.2, 0) is 19.1 Å². The molecule has 0 aromatic carbocycles. The van der Waals surface area contributed by atoms with Crippen LogP contribution in [0.5, 0.6) is 0 Å². The zero-order chi connectivity index (χ0) is 43.6. The lowest BCUT2D eigenvalue weighted by atomic mass is 10.0. The number of ether oxygens (including phenoxy) is 2. The van der Waals surface area contributed by atoms with E-state index in [2.05, 4.69) is 48.1 Å². The van der Waals surface area contributed by atoms with Gasteiger partial charge in [-0.05, 0) is 96.7 Å². The van der Waals surface area contributed by atoms with Crippen LogP contribution in [0.1, 0.15) is 252 Å². The predicted octanol–water partition coefficient (Wildman–Crippen LogP) is 14.0. The van der Waals surface area contributed by atoms with Crippen LogP contribution in [0.2, 0.25) is 0 Å². The van der Waals surface area contributed by atoms with Crippen LogP contribution in [0.3, 0.4) is 0 Å². The average Bonchev–Trinajstić information content (AvgIpc) is 3.24. The molecule has 0 bridgehead atoms. The molecule has 1 aromatic heterocycles. The first-order chi connectivity index (χ1) is 29.4. The van der Waals surface area contributed by atoms with Crippen LogP contribution in [-0.4, -0.2) is 65.4 Å². The maximum absolute atomic E-state index is 12.9. The molecular weight excluding hydrogens is 749 g/mol. The molecule has 1 rings (SSSR count). The van der Waals surface area contributed by atoms with Crippen LogP contribution in [0.15, 0.2) is 17.1 Å². The average molecular weight is 845 g/mol. The fourth-order valence-electron chi connectivity index (χ4n) is 8.17. The molecule has 0 spiro atoms. The topological polar surface area (TPSA) is 114 Å². The molecule has 0 aliphatic carbocycles. The first kappa shape index (κ1) is 55.6. The molecular formula is C51H96N4O5. The second-order valence-corrected chi connectivity index (χ2v) is 17.8. The van der Waals surface area contributed by atoms with Crippen molar-refractivity contribution in [1.29, 1.82) is 0 Å². The van der Waals surface area contributed by atoms with Gasteiger partial charge in [0, 0.05) is 25.5 Å². The lowest BCUT2D eigenvalue weighted by Crippen LogP contribution is -2.28. The Bertz CT molecular complexity index is 1150. The summed E-state index contributed by atoms with van der Waals surface area (Å²) in [6.45, 7) is 12.9. The Morgan fingerprint density at radius 3 is 1.42 bits per heavy atom. The molecule has 0 radical (unpaired) electrons. The minimum absolute atomic E-state index is 0.0107. The Hall–Kier alpha value is -2.42. The van der Waals surface area contributed by atoms with E-state index >= 15 is 0 Å². The van der Waals surface area contributed by atoms with E-state index in [9.17, 15) is 14.4 Å². The van der Waals surface area contributed by atoms with Crippen LogP contribution >= 0.6 is 0 Å². The largest absolute Gasteiger partial charge is 0.462 e. The molecule has 9 heteroatoms. The number of carbonyl (C=O) groups excluding carboxylic acids is 2. The number of hydrogen-bond donors (Lipinski definition) is 2. The zero-order valence-corrected chi connectivity index (χ0v) is 39.8. The molecule has 0 saturated heterocycles. The number of H-pyrrole nitrogens is 1. The second kappa shape index (κ2) is 41.9. The Balaban J connectivity index is 2.37. The van der Waals surface area contributed by atoms with Gasteiger partial charge in [-0.15, -0.1) is 0 Å². The van der Waals surface area contributed by atoms with Crippen molar-refractivity contribution < 1.29 is 19.1 Å². The van der Waals surface area contributed by atoms with E-state index in [-0.39, 0.29) is 29.7 Å². The number of nitrogens with one attached hydrogen (secondary N) is 2. The van der Waals surface area contributed by atoms with E-state index in [0.29, 0.717) is 12.8 Å². The fraction of sp³-hybridized carbons (Fsp3) is 0.882. The molecule has 0 amide bonds. The maximum Gasteiger partial charge on any atom is 0.306 e. The van der Waals surface area contributed by atoms with Crippen molar-refractivity contribution in [2.45, 2.75) is 265 Å². The number of unbranched alkanes of at least 4 members (excludes halogenated alkanes) is 23. The highest BCUT2D eigenvalue weighted by molar-refractivity contribution is 5.69. The van der Waals surface area contributed by atoms with Gasteiger partial charge in [-0.2, -0.15) is 5.10 Å². The third-order valence-electron chi connectivity index (χ3n) is 12.0. The van der Waals surface area contributed by atoms with E-state index in [1.54, 1.807) is 12.3 Å². The quantitative estimate of drug-likeness (QED) is 0.0493. The molecule has 9 nitrogen and oxygen atoms in total. The van der Waals surface area contributed by atoms with Crippen LogP contribution in [0.25, 0.3) is 0 Å². The SMILES string of the molecule is CCCCCCCCC(CC)OC(=O)CCCCCCCN(CCCCCCCC(=O)OC(CCCCCCCC)CCCCCCCC)CCCNc1cn[nH]c(=O)c1. The van der Waals surface area contributed by atoms with Crippen LogP contribution < -0.4 is 10.9 Å². The molecule has 1 heterocycles. The van der Waals surface area contributed by atoms with Gasteiger partial charge >= 0.3 is 11.9 Å². The lowest BCUT2D eigenvalue weighted by molar-refractivity contribution is -0.150. The monoisotopic (exact) mass is 845 g/mol. The minimum Gasteiger partial charge on any atom is -0.462 e. The van der Waals surface area contributed by atoms with Gasteiger partial charge in [-0.1, -0.05) is 163 Å². The number of rotatable bonds is 45. The van der Waals surface area contributed by atoms with Gasteiger partial charge in [0.15, 0.2) is 0 Å².